The average molecular weight is 384 g/mol. The van der Waals surface area contributed by atoms with Crippen molar-refractivity contribution in [1.29, 1.82) is 0 Å². The predicted octanol–water partition coefficient (Wildman–Crippen LogP) is 0.963. The quantitative estimate of drug-likeness (QED) is 0.363. The number of nitrogens with zero attached hydrogens (tertiary/aromatic N) is 5. The fourth-order valence-corrected chi connectivity index (χ4v) is 3.05. The van der Waals surface area contributed by atoms with Gasteiger partial charge < -0.3 is 20.5 Å². The van der Waals surface area contributed by atoms with E-state index in [2.05, 4.69) is 27.2 Å². The van der Waals surface area contributed by atoms with Gasteiger partial charge in [0.15, 0.2) is 6.10 Å². The van der Waals surface area contributed by atoms with Gasteiger partial charge in [0.1, 0.15) is 5.82 Å². The minimum atomic E-state index is -0.427. The molecule has 1 amide bonds. The van der Waals surface area contributed by atoms with Crippen LogP contribution in [-0.4, -0.2) is 61.2 Å². The van der Waals surface area contributed by atoms with E-state index in [1.54, 1.807) is 17.9 Å². The number of amides is 1. The van der Waals surface area contributed by atoms with Crippen molar-refractivity contribution in [3.8, 4) is 12.0 Å². The van der Waals surface area contributed by atoms with Crippen LogP contribution in [0.4, 0.5) is 10.1 Å². The van der Waals surface area contributed by atoms with Crippen LogP contribution in [0.25, 0.3) is 0 Å². The Kier molecular flexibility index (Phi) is 6.22. The van der Waals surface area contributed by atoms with E-state index in [9.17, 15) is 9.18 Å². The van der Waals surface area contributed by atoms with Gasteiger partial charge in [-0.05, 0) is 18.1 Å². The van der Waals surface area contributed by atoms with Crippen molar-refractivity contribution in [3.05, 3.63) is 29.6 Å². The number of aliphatic imine (C=N–C) groups is 1. The van der Waals surface area contributed by atoms with Crippen LogP contribution in [0.3, 0.4) is 0 Å². The minimum absolute atomic E-state index is 0.0468. The van der Waals surface area contributed by atoms with E-state index in [0.29, 0.717) is 49.6 Å². The highest BCUT2D eigenvalue weighted by atomic mass is 19.1. The lowest BCUT2D eigenvalue weighted by atomic mass is 10.0. The Hall–Kier alpha value is -3.41. The molecule has 3 rings (SSSR count). The summed E-state index contributed by atoms with van der Waals surface area (Å²) in [6.45, 7) is 3.95. The molecule has 8 nitrogen and oxygen atoms in total. The lowest BCUT2D eigenvalue weighted by molar-refractivity contribution is -0.129. The number of nitrogens with two attached hydrogens (primary N) is 1. The lowest BCUT2D eigenvalue weighted by Gasteiger charge is -2.35. The summed E-state index contributed by atoms with van der Waals surface area (Å²) in [5.74, 6) is 7.48. The molecular weight excluding hydrogens is 363 g/mol. The number of oxime groups is 1. The fraction of sp³-hybridized carbons (Fsp3) is 0.368. The third kappa shape index (κ3) is 4.65. The summed E-state index contributed by atoms with van der Waals surface area (Å²) < 4.78 is 14.7. The van der Waals surface area contributed by atoms with Crippen LogP contribution in [0, 0.1) is 17.8 Å². The summed E-state index contributed by atoms with van der Waals surface area (Å²) >= 11 is 0. The first-order valence-electron chi connectivity index (χ1n) is 8.87. The molecule has 2 N–H and O–H groups in total. The number of piperazine rings is 1. The van der Waals surface area contributed by atoms with Gasteiger partial charge in [0, 0.05) is 51.1 Å². The predicted molar refractivity (Wildman–Crippen MR) is 106 cm³/mol. The smallest absolute Gasteiger partial charge is 0.219 e. The molecule has 1 fully saturated rings. The highest BCUT2D eigenvalue weighted by Crippen LogP contribution is 2.24. The molecular formula is C19H21FN6O2. The highest BCUT2D eigenvalue weighted by Gasteiger charge is 2.24. The third-order valence-electron chi connectivity index (χ3n) is 4.53. The van der Waals surface area contributed by atoms with Crippen LogP contribution in [0.2, 0.25) is 0 Å². The summed E-state index contributed by atoms with van der Waals surface area (Å²) in [5.41, 5.74) is 1.82. The van der Waals surface area contributed by atoms with Crippen molar-refractivity contribution in [2.45, 2.75) is 19.4 Å². The zero-order valence-corrected chi connectivity index (χ0v) is 15.5. The summed E-state index contributed by atoms with van der Waals surface area (Å²) in [6.07, 6.45) is 2.71. The molecule has 1 aromatic rings. The maximum atomic E-state index is 14.7. The first kappa shape index (κ1) is 19.4. The molecule has 0 radical (unpaired) electrons. The zero-order valence-electron chi connectivity index (χ0n) is 15.5. The molecule has 1 aromatic carbocycles. The fourth-order valence-electron chi connectivity index (χ4n) is 3.05. The van der Waals surface area contributed by atoms with Gasteiger partial charge in [0.2, 0.25) is 5.91 Å². The Morgan fingerprint density at radius 1 is 1.36 bits per heavy atom. The second kappa shape index (κ2) is 8.99. The van der Waals surface area contributed by atoms with Crippen molar-refractivity contribution in [2.24, 2.45) is 21.1 Å². The van der Waals surface area contributed by atoms with Crippen LogP contribution in [0.1, 0.15) is 18.9 Å². The van der Waals surface area contributed by atoms with Crippen molar-refractivity contribution in [1.82, 2.24) is 4.90 Å². The molecule has 0 spiro atoms. The van der Waals surface area contributed by atoms with Gasteiger partial charge in [0.05, 0.1) is 23.8 Å². The molecule has 0 aromatic heterocycles. The van der Waals surface area contributed by atoms with Gasteiger partial charge >= 0.3 is 0 Å². The maximum absolute atomic E-state index is 14.7. The van der Waals surface area contributed by atoms with Gasteiger partial charge in [-0.3, -0.25) is 4.79 Å². The summed E-state index contributed by atoms with van der Waals surface area (Å²) in [4.78, 5) is 24.2. The van der Waals surface area contributed by atoms with Gasteiger partial charge in [-0.15, -0.1) is 0 Å². The van der Waals surface area contributed by atoms with E-state index >= 15 is 0 Å². The monoisotopic (exact) mass is 384 g/mol. The van der Waals surface area contributed by atoms with Crippen molar-refractivity contribution in [3.63, 3.8) is 0 Å². The Morgan fingerprint density at radius 3 is 2.82 bits per heavy atom. The molecule has 2 aliphatic rings. The number of carbonyl (C=O) groups is 1. The van der Waals surface area contributed by atoms with Crippen LogP contribution in [0.15, 0.2) is 33.4 Å². The van der Waals surface area contributed by atoms with Gasteiger partial charge in [0.25, 0.3) is 0 Å². The highest BCUT2D eigenvalue weighted by molar-refractivity contribution is 6.16. The summed E-state index contributed by atoms with van der Waals surface area (Å²) in [7, 11) is 0. The van der Waals surface area contributed by atoms with Crippen molar-refractivity contribution >= 4 is 29.7 Å². The first-order valence-corrected chi connectivity index (χ1v) is 8.87. The molecule has 1 atom stereocenters. The van der Waals surface area contributed by atoms with Gasteiger partial charge in [-0.2, -0.15) is 5.10 Å². The molecule has 1 saturated heterocycles. The van der Waals surface area contributed by atoms with E-state index in [1.165, 1.54) is 18.5 Å². The van der Waals surface area contributed by atoms with E-state index in [1.807, 2.05) is 11.0 Å². The minimum Gasteiger partial charge on any atom is -0.379 e. The molecule has 9 heteroatoms. The van der Waals surface area contributed by atoms with E-state index in [0.717, 1.165) is 0 Å². The number of benzene rings is 1. The van der Waals surface area contributed by atoms with Crippen molar-refractivity contribution < 1.29 is 14.0 Å². The van der Waals surface area contributed by atoms with Crippen LogP contribution < -0.4 is 10.7 Å². The van der Waals surface area contributed by atoms with E-state index in [4.69, 9.17) is 10.7 Å². The Morgan fingerprint density at radius 2 is 2.14 bits per heavy atom. The molecule has 0 bridgehead atoms. The standard InChI is InChI=1S/C19H21FN6O2/c1-14(27)25-8-10-26(11-9-25)19-3-2-15(12-17(19)20)18-13-16(28-24-18)4-5-22-6-7-23-21/h2-3,6-7,12,16H,8-11,13,21H2,1H3. The summed E-state index contributed by atoms with van der Waals surface area (Å²) in [6, 6.07) is 7.60. The molecule has 28 heavy (non-hydrogen) atoms. The number of carbonyl (C=O) groups excluding carboxylic acids is 1. The second-order valence-corrected chi connectivity index (χ2v) is 6.33. The summed E-state index contributed by atoms with van der Waals surface area (Å²) in [5, 5.41) is 7.27. The topological polar surface area (TPSA) is 95.9 Å². The first-order chi connectivity index (χ1) is 13.6. The van der Waals surface area contributed by atoms with Gasteiger partial charge in [-0.1, -0.05) is 11.2 Å². The molecule has 146 valence electrons. The zero-order chi connectivity index (χ0) is 19.9. The lowest BCUT2D eigenvalue weighted by Crippen LogP contribution is -2.48. The van der Waals surface area contributed by atoms with Crippen LogP contribution >= 0.6 is 0 Å². The number of rotatable bonds is 3. The third-order valence-corrected chi connectivity index (χ3v) is 4.53. The number of hydrogen-bond donors (Lipinski definition) is 1. The number of hydrogen-bond acceptors (Lipinski definition) is 7. The molecule has 0 aliphatic carbocycles. The Labute approximate surface area is 162 Å². The normalized spacial score (nSPS) is 19.5. The number of halogens is 1. The molecule has 0 saturated carbocycles. The molecule has 2 aliphatic heterocycles. The Bertz CT molecular complexity index is 878. The van der Waals surface area contributed by atoms with Crippen LogP contribution in [-0.2, 0) is 9.63 Å². The van der Waals surface area contributed by atoms with Gasteiger partial charge in [-0.25, -0.2) is 9.38 Å². The maximum Gasteiger partial charge on any atom is 0.219 e. The number of hydrazone groups is 1. The average Bonchev–Trinajstić information content (AvgIpc) is 3.17. The molecule has 2 heterocycles. The van der Waals surface area contributed by atoms with E-state index < -0.39 is 6.10 Å². The van der Waals surface area contributed by atoms with Crippen LogP contribution in [0.5, 0.6) is 0 Å². The largest absolute Gasteiger partial charge is 0.379 e. The van der Waals surface area contributed by atoms with Crippen molar-refractivity contribution in [2.75, 3.05) is 31.1 Å². The van der Waals surface area contributed by atoms with E-state index in [-0.39, 0.29) is 11.7 Å². The Balaban J connectivity index is 1.61. The second-order valence-electron chi connectivity index (χ2n) is 6.33. The number of anilines is 1. The molecule has 1 unspecified atom stereocenters. The SMILES string of the molecule is CC(=O)N1CCN(c2ccc(C3=NOC(C#CN=CC=NN)C3)cc2F)CC1.